The van der Waals surface area contributed by atoms with Crippen molar-refractivity contribution in [2.45, 2.75) is 65.0 Å². The number of halogens is 3. The van der Waals surface area contributed by atoms with Crippen LogP contribution in [0.4, 0.5) is 13.2 Å². The molecule has 1 fully saturated rings. The number of benzene rings is 1. The van der Waals surface area contributed by atoms with E-state index in [0.29, 0.717) is 5.56 Å². The van der Waals surface area contributed by atoms with E-state index in [1.807, 2.05) is 19.1 Å². The number of hydrogen-bond acceptors (Lipinski definition) is 4. The molecule has 0 spiro atoms. The first-order valence-corrected chi connectivity index (χ1v) is 11.1. The molecule has 6 nitrogen and oxygen atoms in total. The molecule has 178 valence electrons. The van der Waals surface area contributed by atoms with E-state index in [1.54, 1.807) is 20.0 Å². The summed E-state index contributed by atoms with van der Waals surface area (Å²) < 4.78 is 41.3. The molecule has 1 aliphatic rings. The number of rotatable bonds is 7. The molecule has 9 heteroatoms. The normalized spacial score (nSPS) is 18.8. The van der Waals surface area contributed by atoms with Gasteiger partial charge in [-0.05, 0) is 35.7 Å². The summed E-state index contributed by atoms with van der Waals surface area (Å²) >= 11 is 0. The number of pyridine rings is 1. The van der Waals surface area contributed by atoms with Crippen molar-refractivity contribution in [3.8, 4) is 0 Å². The van der Waals surface area contributed by atoms with Crippen LogP contribution in [-0.4, -0.2) is 16.8 Å². The molecule has 0 aliphatic carbocycles. The van der Waals surface area contributed by atoms with E-state index in [1.165, 1.54) is 12.1 Å². The molecule has 1 aromatic heterocycles. The maximum absolute atomic E-state index is 13.8. The van der Waals surface area contributed by atoms with Crippen molar-refractivity contribution in [2.75, 3.05) is 0 Å². The lowest BCUT2D eigenvalue weighted by Gasteiger charge is -2.33. The molecule has 2 amide bonds. The van der Waals surface area contributed by atoms with E-state index in [2.05, 4.69) is 20.9 Å². The van der Waals surface area contributed by atoms with Crippen LogP contribution in [0, 0.1) is 5.92 Å². The van der Waals surface area contributed by atoms with Gasteiger partial charge in [-0.25, -0.2) is 0 Å². The molecule has 0 saturated carbocycles. The molecular weight excluding hydrogens is 433 g/mol. The van der Waals surface area contributed by atoms with Crippen molar-refractivity contribution in [3.05, 3.63) is 64.5 Å². The van der Waals surface area contributed by atoms with E-state index in [4.69, 9.17) is 0 Å². The molecule has 2 atom stereocenters. The average molecular weight is 463 g/mol. The zero-order valence-corrected chi connectivity index (χ0v) is 18.9. The summed E-state index contributed by atoms with van der Waals surface area (Å²) in [6, 6.07) is 6.97. The van der Waals surface area contributed by atoms with Crippen LogP contribution >= 0.6 is 0 Å². The molecule has 33 heavy (non-hydrogen) atoms. The van der Waals surface area contributed by atoms with Gasteiger partial charge >= 0.3 is 6.18 Å². The number of amides is 2. The van der Waals surface area contributed by atoms with Crippen molar-refractivity contribution in [3.63, 3.8) is 0 Å². The first kappa shape index (κ1) is 24.7. The number of nitrogens with zero attached hydrogens (tertiary/aromatic N) is 1. The van der Waals surface area contributed by atoms with Gasteiger partial charge in [0.1, 0.15) is 6.17 Å². The van der Waals surface area contributed by atoms with Crippen molar-refractivity contribution in [1.82, 2.24) is 20.9 Å². The van der Waals surface area contributed by atoms with E-state index < -0.39 is 23.9 Å². The fraction of sp³-hybridized carbons (Fsp3) is 0.458. The van der Waals surface area contributed by atoms with Crippen molar-refractivity contribution in [1.29, 1.82) is 0 Å². The van der Waals surface area contributed by atoms with Crippen molar-refractivity contribution < 1.29 is 22.8 Å². The third-order valence-corrected chi connectivity index (χ3v) is 5.54. The number of carbonyl (C=O) groups excluding carboxylic acids is 2. The summed E-state index contributed by atoms with van der Waals surface area (Å²) in [6.45, 7) is 5.61. The fourth-order valence-corrected chi connectivity index (χ4v) is 3.75. The van der Waals surface area contributed by atoms with Gasteiger partial charge in [-0.2, -0.15) is 13.2 Å². The van der Waals surface area contributed by atoms with Crippen LogP contribution in [0.3, 0.4) is 0 Å². The Hall–Kier alpha value is -2.94. The highest BCUT2D eigenvalue weighted by atomic mass is 19.4. The molecule has 3 N–H and O–H groups in total. The maximum Gasteiger partial charge on any atom is 0.416 e. The number of carbonyl (C=O) groups is 2. The molecule has 2 aromatic rings. The summed E-state index contributed by atoms with van der Waals surface area (Å²) in [4.78, 5) is 28.7. The number of alkyl halides is 3. The van der Waals surface area contributed by atoms with Crippen LogP contribution in [-0.2, 0) is 28.7 Å². The molecular formula is C24H29F3N4O2. The largest absolute Gasteiger partial charge is 0.416 e. The van der Waals surface area contributed by atoms with Crippen molar-refractivity contribution in [2.24, 2.45) is 5.92 Å². The van der Waals surface area contributed by atoms with Crippen LogP contribution in [0.5, 0.6) is 0 Å². The second-order valence-electron chi connectivity index (χ2n) is 8.55. The standard InChI is InChI=1S/C24H29F3N4O2/c1-4-5-17-8-7-16(13-28-17)20-11-21(32)31-22(30-20)18-10-15(12-29-23(33)14(2)3)6-9-19(18)24(25,26)27/h6-10,13-14,20,22,30H,4-5,11-12H2,1-3H3,(H,29,33)(H,31,32). The Morgan fingerprint density at radius 3 is 2.61 bits per heavy atom. The molecule has 0 bridgehead atoms. The summed E-state index contributed by atoms with van der Waals surface area (Å²) in [6.07, 6.45) is -2.09. The third kappa shape index (κ3) is 6.31. The Morgan fingerprint density at radius 2 is 2.00 bits per heavy atom. The number of aromatic nitrogens is 1. The lowest BCUT2D eigenvalue weighted by molar-refractivity contribution is -0.139. The average Bonchev–Trinajstić information content (AvgIpc) is 2.76. The summed E-state index contributed by atoms with van der Waals surface area (Å²) in [5.74, 6) is -0.788. The maximum atomic E-state index is 13.8. The first-order chi connectivity index (χ1) is 15.6. The first-order valence-electron chi connectivity index (χ1n) is 11.1. The Labute approximate surface area is 191 Å². The number of aryl methyl sites for hydroxylation is 1. The second kappa shape index (κ2) is 10.3. The predicted molar refractivity (Wildman–Crippen MR) is 118 cm³/mol. The van der Waals surface area contributed by atoms with Gasteiger partial charge in [-0.15, -0.1) is 0 Å². The van der Waals surface area contributed by atoms with Crippen LogP contribution in [0.15, 0.2) is 36.5 Å². The lowest BCUT2D eigenvalue weighted by atomic mass is 9.96. The lowest BCUT2D eigenvalue weighted by Crippen LogP contribution is -2.47. The predicted octanol–water partition coefficient (Wildman–Crippen LogP) is 4.17. The van der Waals surface area contributed by atoms with Gasteiger partial charge in [-0.1, -0.05) is 39.3 Å². The highest BCUT2D eigenvalue weighted by Gasteiger charge is 2.38. The second-order valence-corrected chi connectivity index (χ2v) is 8.55. The molecule has 2 heterocycles. The SMILES string of the molecule is CCCc1ccc(C2CC(=O)NC(c3cc(CNC(=O)C(C)C)ccc3C(F)(F)F)N2)cn1. The summed E-state index contributed by atoms with van der Waals surface area (Å²) in [5, 5.41) is 8.47. The minimum atomic E-state index is -4.60. The van der Waals surface area contributed by atoms with Gasteiger partial charge in [0.15, 0.2) is 0 Å². The van der Waals surface area contributed by atoms with Gasteiger partial charge in [0, 0.05) is 42.4 Å². The molecule has 1 aromatic carbocycles. The van der Waals surface area contributed by atoms with Crippen LogP contribution in [0.2, 0.25) is 0 Å². The monoisotopic (exact) mass is 462 g/mol. The van der Waals surface area contributed by atoms with Gasteiger partial charge in [-0.3, -0.25) is 19.9 Å². The summed E-state index contributed by atoms with van der Waals surface area (Å²) in [7, 11) is 0. The highest BCUT2D eigenvalue weighted by Crippen LogP contribution is 2.36. The van der Waals surface area contributed by atoms with Crippen LogP contribution in [0.1, 0.15) is 73.8 Å². The van der Waals surface area contributed by atoms with Gasteiger partial charge in [0.25, 0.3) is 0 Å². The molecule has 0 radical (unpaired) electrons. The van der Waals surface area contributed by atoms with E-state index >= 15 is 0 Å². The quantitative estimate of drug-likeness (QED) is 0.577. The van der Waals surface area contributed by atoms with Crippen LogP contribution in [0.25, 0.3) is 0 Å². The van der Waals surface area contributed by atoms with Gasteiger partial charge < -0.3 is 10.6 Å². The minimum Gasteiger partial charge on any atom is -0.352 e. The number of nitrogens with one attached hydrogen (secondary N) is 3. The zero-order chi connectivity index (χ0) is 24.2. The molecule has 2 unspecified atom stereocenters. The van der Waals surface area contributed by atoms with Gasteiger partial charge in [0.2, 0.25) is 11.8 Å². The molecule has 1 aliphatic heterocycles. The van der Waals surface area contributed by atoms with E-state index in [-0.39, 0.29) is 36.3 Å². The van der Waals surface area contributed by atoms with Gasteiger partial charge in [0.05, 0.1) is 5.56 Å². The van der Waals surface area contributed by atoms with E-state index in [0.717, 1.165) is 30.2 Å². The number of hydrogen-bond donors (Lipinski definition) is 3. The minimum absolute atomic E-state index is 0.0904. The fourth-order valence-electron chi connectivity index (χ4n) is 3.75. The summed E-state index contributed by atoms with van der Waals surface area (Å²) in [5.41, 5.74) is 1.25. The smallest absolute Gasteiger partial charge is 0.352 e. The molecule has 1 saturated heterocycles. The Morgan fingerprint density at radius 1 is 1.24 bits per heavy atom. The molecule has 3 rings (SSSR count). The topological polar surface area (TPSA) is 83.1 Å². The van der Waals surface area contributed by atoms with Crippen LogP contribution < -0.4 is 16.0 Å². The van der Waals surface area contributed by atoms with E-state index in [9.17, 15) is 22.8 Å². The Kier molecular flexibility index (Phi) is 7.73. The third-order valence-electron chi connectivity index (χ3n) is 5.54. The highest BCUT2D eigenvalue weighted by molar-refractivity contribution is 5.78. The Bertz CT molecular complexity index is 990. The zero-order valence-electron chi connectivity index (χ0n) is 18.9. The Balaban J connectivity index is 1.88. The van der Waals surface area contributed by atoms with Crippen molar-refractivity contribution >= 4 is 11.8 Å².